The fraction of sp³-hybridized carbons (Fsp3) is 0.833. The van der Waals surface area contributed by atoms with Gasteiger partial charge < -0.3 is 20.1 Å². The number of piperidine rings is 1. The van der Waals surface area contributed by atoms with E-state index in [4.69, 9.17) is 9.84 Å². The number of carbonyl (C=O) groups excluding carboxylic acids is 1. The summed E-state index contributed by atoms with van der Waals surface area (Å²) in [5, 5.41) is 11.2. The van der Waals surface area contributed by atoms with E-state index in [1.165, 1.54) is 19.3 Å². The van der Waals surface area contributed by atoms with Crippen molar-refractivity contribution in [1.82, 2.24) is 10.2 Å². The van der Waals surface area contributed by atoms with Crippen molar-refractivity contribution in [2.75, 3.05) is 32.8 Å². The molecule has 0 aliphatic carbocycles. The summed E-state index contributed by atoms with van der Waals surface area (Å²) in [5.41, 5.74) is 0. The molecule has 1 aliphatic rings. The number of aliphatic carboxylic acids is 1. The van der Waals surface area contributed by atoms with E-state index in [0.717, 1.165) is 19.6 Å². The maximum absolute atomic E-state index is 11.4. The van der Waals surface area contributed by atoms with E-state index in [1.807, 2.05) is 6.92 Å². The molecule has 0 aromatic heterocycles. The molecule has 2 N–H and O–H groups in total. The largest absolute Gasteiger partial charge is 0.480 e. The lowest BCUT2D eigenvalue weighted by molar-refractivity contribution is -0.143. The van der Waals surface area contributed by atoms with Crippen LogP contribution in [0.2, 0.25) is 0 Å². The summed E-state index contributed by atoms with van der Waals surface area (Å²) < 4.78 is 4.72. The van der Waals surface area contributed by atoms with Crippen molar-refractivity contribution < 1.29 is 19.4 Å². The Bertz CT molecular complexity index is 277. The third kappa shape index (κ3) is 6.56. The summed E-state index contributed by atoms with van der Waals surface area (Å²) >= 11 is 0. The monoisotopic (exact) mass is 258 g/mol. The molecule has 0 spiro atoms. The van der Waals surface area contributed by atoms with Gasteiger partial charge in [0.2, 0.25) is 5.91 Å². The van der Waals surface area contributed by atoms with Gasteiger partial charge in [0.15, 0.2) is 0 Å². The molecule has 104 valence electrons. The highest BCUT2D eigenvalue weighted by Crippen LogP contribution is 2.08. The zero-order valence-electron chi connectivity index (χ0n) is 10.9. The van der Waals surface area contributed by atoms with Crippen LogP contribution in [0, 0.1) is 0 Å². The van der Waals surface area contributed by atoms with E-state index in [-0.39, 0.29) is 18.6 Å². The van der Waals surface area contributed by atoms with Crippen LogP contribution in [-0.2, 0) is 14.3 Å². The number of carboxylic acid groups (broad SMARTS) is 1. The number of likely N-dealkylation sites (tertiary alicyclic amines) is 1. The number of amides is 1. The molecule has 6 heteroatoms. The molecule has 0 bridgehead atoms. The SMILES string of the molecule is CC(CN1CCCCC1)NC(=O)COCC(=O)O. The Morgan fingerprint density at radius 3 is 2.56 bits per heavy atom. The Morgan fingerprint density at radius 1 is 1.28 bits per heavy atom. The van der Waals surface area contributed by atoms with Crippen LogP contribution in [0.5, 0.6) is 0 Å². The molecular weight excluding hydrogens is 236 g/mol. The lowest BCUT2D eigenvalue weighted by atomic mass is 10.1. The minimum Gasteiger partial charge on any atom is -0.480 e. The zero-order valence-corrected chi connectivity index (χ0v) is 10.9. The normalized spacial score (nSPS) is 18.3. The molecule has 0 saturated carbocycles. The topological polar surface area (TPSA) is 78.9 Å². The third-order valence-electron chi connectivity index (χ3n) is 2.85. The number of carbonyl (C=O) groups is 2. The van der Waals surface area contributed by atoms with Gasteiger partial charge in [-0.15, -0.1) is 0 Å². The first-order valence-electron chi connectivity index (χ1n) is 6.39. The predicted octanol–water partition coefficient (Wildman–Crippen LogP) is 0.0782. The molecular formula is C12H22N2O4. The second-order valence-electron chi connectivity index (χ2n) is 4.72. The van der Waals surface area contributed by atoms with E-state index in [0.29, 0.717) is 0 Å². The van der Waals surface area contributed by atoms with E-state index < -0.39 is 12.6 Å². The summed E-state index contributed by atoms with van der Waals surface area (Å²) in [4.78, 5) is 24.0. The Morgan fingerprint density at radius 2 is 1.94 bits per heavy atom. The zero-order chi connectivity index (χ0) is 13.4. The third-order valence-corrected chi connectivity index (χ3v) is 2.85. The minimum absolute atomic E-state index is 0.0593. The van der Waals surface area contributed by atoms with Gasteiger partial charge in [0, 0.05) is 12.6 Å². The molecule has 1 atom stereocenters. The standard InChI is InChI=1S/C12H22N2O4/c1-10(7-14-5-3-2-4-6-14)13-11(15)8-18-9-12(16)17/h10H,2-9H2,1H3,(H,13,15)(H,16,17). The smallest absolute Gasteiger partial charge is 0.329 e. The van der Waals surface area contributed by atoms with Gasteiger partial charge in [0.1, 0.15) is 13.2 Å². The number of carboxylic acids is 1. The maximum atomic E-state index is 11.4. The first-order valence-corrected chi connectivity index (χ1v) is 6.39. The molecule has 0 aromatic rings. The molecule has 0 aromatic carbocycles. The van der Waals surface area contributed by atoms with Crippen LogP contribution in [0.4, 0.5) is 0 Å². The Kier molecular flexibility index (Phi) is 6.67. The average Bonchev–Trinajstić information content (AvgIpc) is 2.29. The molecule has 1 amide bonds. The molecule has 18 heavy (non-hydrogen) atoms. The number of nitrogens with zero attached hydrogens (tertiary/aromatic N) is 1. The molecule has 1 unspecified atom stereocenters. The number of nitrogens with one attached hydrogen (secondary N) is 1. The highest BCUT2D eigenvalue weighted by atomic mass is 16.5. The van der Waals surface area contributed by atoms with Gasteiger partial charge in [-0.05, 0) is 32.9 Å². The van der Waals surface area contributed by atoms with Crippen molar-refractivity contribution in [3.05, 3.63) is 0 Å². The highest BCUT2D eigenvalue weighted by molar-refractivity contribution is 5.78. The van der Waals surface area contributed by atoms with Crippen molar-refractivity contribution >= 4 is 11.9 Å². The van der Waals surface area contributed by atoms with Crippen LogP contribution in [0.25, 0.3) is 0 Å². The van der Waals surface area contributed by atoms with Crippen molar-refractivity contribution in [3.63, 3.8) is 0 Å². The van der Waals surface area contributed by atoms with E-state index in [9.17, 15) is 9.59 Å². The quantitative estimate of drug-likeness (QED) is 0.676. The van der Waals surface area contributed by atoms with Crippen molar-refractivity contribution in [2.24, 2.45) is 0 Å². The van der Waals surface area contributed by atoms with Gasteiger partial charge in [-0.3, -0.25) is 4.79 Å². The Labute approximate surface area is 107 Å². The predicted molar refractivity (Wildman–Crippen MR) is 66.4 cm³/mol. The molecule has 1 saturated heterocycles. The highest BCUT2D eigenvalue weighted by Gasteiger charge is 2.15. The Hall–Kier alpha value is -1.14. The van der Waals surface area contributed by atoms with Gasteiger partial charge in [-0.25, -0.2) is 4.79 Å². The fourth-order valence-electron chi connectivity index (χ4n) is 2.12. The first-order chi connectivity index (χ1) is 8.58. The van der Waals surface area contributed by atoms with Crippen LogP contribution in [0.1, 0.15) is 26.2 Å². The van der Waals surface area contributed by atoms with Crippen LogP contribution in [0.3, 0.4) is 0 Å². The van der Waals surface area contributed by atoms with Gasteiger partial charge in [-0.2, -0.15) is 0 Å². The van der Waals surface area contributed by atoms with Gasteiger partial charge >= 0.3 is 5.97 Å². The van der Waals surface area contributed by atoms with Gasteiger partial charge in [0.25, 0.3) is 0 Å². The van der Waals surface area contributed by atoms with Crippen LogP contribution in [-0.4, -0.2) is 60.8 Å². The van der Waals surface area contributed by atoms with Crippen LogP contribution >= 0.6 is 0 Å². The summed E-state index contributed by atoms with van der Waals surface area (Å²) in [6.07, 6.45) is 3.74. The lowest BCUT2D eigenvalue weighted by Crippen LogP contribution is -2.44. The lowest BCUT2D eigenvalue weighted by Gasteiger charge is -2.29. The van der Waals surface area contributed by atoms with Crippen molar-refractivity contribution in [1.29, 1.82) is 0 Å². The van der Waals surface area contributed by atoms with E-state index in [2.05, 4.69) is 10.2 Å². The average molecular weight is 258 g/mol. The summed E-state index contributed by atoms with van der Waals surface area (Å²) in [5.74, 6) is -1.33. The number of hydrogen-bond donors (Lipinski definition) is 2. The molecule has 1 rings (SSSR count). The molecule has 6 nitrogen and oxygen atoms in total. The second-order valence-corrected chi connectivity index (χ2v) is 4.72. The van der Waals surface area contributed by atoms with Gasteiger partial charge in [0.05, 0.1) is 0 Å². The summed E-state index contributed by atoms with van der Waals surface area (Å²) in [6, 6.07) is 0.0593. The Balaban J connectivity index is 2.12. The van der Waals surface area contributed by atoms with Gasteiger partial charge in [-0.1, -0.05) is 6.42 Å². The van der Waals surface area contributed by atoms with E-state index >= 15 is 0 Å². The number of rotatable bonds is 7. The molecule has 1 fully saturated rings. The van der Waals surface area contributed by atoms with Crippen molar-refractivity contribution in [3.8, 4) is 0 Å². The fourth-order valence-corrected chi connectivity index (χ4v) is 2.12. The summed E-state index contributed by atoms with van der Waals surface area (Å²) in [6.45, 7) is 4.34. The van der Waals surface area contributed by atoms with Crippen LogP contribution < -0.4 is 5.32 Å². The van der Waals surface area contributed by atoms with Crippen molar-refractivity contribution in [2.45, 2.75) is 32.2 Å². The van der Waals surface area contributed by atoms with E-state index in [1.54, 1.807) is 0 Å². The maximum Gasteiger partial charge on any atom is 0.329 e. The molecule has 1 heterocycles. The van der Waals surface area contributed by atoms with Crippen LogP contribution in [0.15, 0.2) is 0 Å². The second kappa shape index (κ2) is 8.05. The first kappa shape index (κ1) is 14.9. The molecule has 0 radical (unpaired) electrons. The molecule has 1 aliphatic heterocycles. The minimum atomic E-state index is -1.07. The number of ether oxygens (including phenoxy) is 1. The number of hydrogen-bond acceptors (Lipinski definition) is 4. The summed E-state index contributed by atoms with van der Waals surface area (Å²) in [7, 11) is 0.